The highest BCUT2D eigenvalue weighted by molar-refractivity contribution is 5.87. The van der Waals surface area contributed by atoms with Gasteiger partial charge in [0, 0.05) is 11.6 Å². The third-order valence-electron chi connectivity index (χ3n) is 1.97. The molecule has 1 amide bonds. The summed E-state index contributed by atoms with van der Waals surface area (Å²) in [5, 5.41) is 12.9. The number of hydrogen-bond acceptors (Lipinski definition) is 4. The Bertz CT molecular complexity index is 504. The second-order valence-corrected chi connectivity index (χ2v) is 4.82. The molecule has 0 atom stereocenters. The zero-order valence-electron chi connectivity index (χ0n) is 11.0. The van der Waals surface area contributed by atoms with E-state index in [0.717, 1.165) is 6.20 Å². The first-order valence-corrected chi connectivity index (χ1v) is 5.69. The van der Waals surface area contributed by atoms with E-state index < -0.39 is 16.6 Å². The van der Waals surface area contributed by atoms with E-state index >= 15 is 0 Å². The van der Waals surface area contributed by atoms with Crippen molar-refractivity contribution in [2.24, 2.45) is 0 Å². The van der Waals surface area contributed by atoms with Gasteiger partial charge in [-0.15, -0.1) is 0 Å². The fraction of sp³-hybridized carbons (Fsp3) is 0.308. The predicted octanol–water partition coefficient (Wildman–Crippen LogP) is 3.28. The first-order valence-electron chi connectivity index (χ1n) is 5.69. The third-order valence-corrected chi connectivity index (χ3v) is 1.97. The van der Waals surface area contributed by atoms with Crippen LogP contribution in [0.15, 0.2) is 30.5 Å². The number of benzene rings is 1. The molecule has 1 aromatic rings. The van der Waals surface area contributed by atoms with Gasteiger partial charge in [-0.3, -0.25) is 15.4 Å². The molecule has 0 heterocycles. The van der Waals surface area contributed by atoms with Crippen molar-refractivity contribution in [1.82, 2.24) is 0 Å². The number of nitrogens with zero attached hydrogens (tertiary/aromatic N) is 1. The lowest BCUT2D eigenvalue weighted by Crippen LogP contribution is -2.27. The summed E-state index contributed by atoms with van der Waals surface area (Å²) in [6.45, 7) is 5.27. The minimum atomic E-state index is -0.602. The molecule has 1 rings (SSSR count). The minimum absolute atomic E-state index is 0.454. The van der Waals surface area contributed by atoms with Gasteiger partial charge < -0.3 is 4.74 Å². The molecular formula is C13H16N2O4. The van der Waals surface area contributed by atoms with Crippen LogP contribution in [0.25, 0.3) is 6.08 Å². The van der Waals surface area contributed by atoms with E-state index in [1.807, 2.05) is 0 Å². The molecule has 0 spiro atoms. The molecule has 6 nitrogen and oxygen atoms in total. The van der Waals surface area contributed by atoms with Crippen molar-refractivity contribution < 1.29 is 14.5 Å². The Labute approximate surface area is 111 Å². The Morgan fingerprint density at radius 3 is 2.58 bits per heavy atom. The van der Waals surface area contributed by atoms with E-state index in [4.69, 9.17) is 4.74 Å². The number of para-hydroxylation sites is 1. The van der Waals surface area contributed by atoms with Gasteiger partial charge in [-0.1, -0.05) is 18.2 Å². The third kappa shape index (κ3) is 5.67. The first kappa shape index (κ1) is 14.7. The molecule has 6 heteroatoms. The monoisotopic (exact) mass is 264 g/mol. The number of amides is 1. The van der Waals surface area contributed by atoms with Gasteiger partial charge in [0.15, 0.2) is 0 Å². The number of carbonyl (C=O) groups excluding carboxylic acids is 1. The van der Waals surface area contributed by atoms with Crippen LogP contribution >= 0.6 is 0 Å². The van der Waals surface area contributed by atoms with Gasteiger partial charge >= 0.3 is 6.09 Å². The summed E-state index contributed by atoms with van der Waals surface area (Å²) in [5.41, 5.74) is 0.385. The van der Waals surface area contributed by atoms with Crippen molar-refractivity contribution in [3.8, 4) is 0 Å². The average molecular weight is 264 g/mol. The molecule has 0 bridgehead atoms. The summed E-state index contributed by atoms with van der Waals surface area (Å²) in [7, 11) is 0. The highest BCUT2D eigenvalue weighted by atomic mass is 16.6. The standard InChI is InChI=1S/C13H16N2O4/c1-13(2,3)19-12(16)14-11-7-5-4-6-10(11)8-9-15(17)18/h4-9H,1-3H3,(H,14,16)/b9-8+. The molecule has 0 radical (unpaired) electrons. The minimum Gasteiger partial charge on any atom is -0.444 e. The lowest BCUT2D eigenvalue weighted by Gasteiger charge is -2.20. The van der Waals surface area contributed by atoms with Gasteiger partial charge in [0.05, 0.1) is 10.6 Å². The van der Waals surface area contributed by atoms with Crippen molar-refractivity contribution in [2.75, 3.05) is 5.32 Å². The zero-order valence-corrected chi connectivity index (χ0v) is 11.0. The summed E-state index contributed by atoms with van der Waals surface area (Å²) >= 11 is 0. The van der Waals surface area contributed by atoms with Gasteiger partial charge in [-0.2, -0.15) is 0 Å². The average Bonchev–Trinajstić information content (AvgIpc) is 2.25. The Morgan fingerprint density at radius 2 is 2.00 bits per heavy atom. The van der Waals surface area contributed by atoms with E-state index in [0.29, 0.717) is 11.3 Å². The second-order valence-electron chi connectivity index (χ2n) is 4.82. The number of rotatable bonds is 3. The van der Waals surface area contributed by atoms with E-state index in [1.165, 1.54) is 6.08 Å². The maximum absolute atomic E-state index is 11.6. The maximum Gasteiger partial charge on any atom is 0.412 e. The fourth-order valence-electron chi connectivity index (χ4n) is 1.31. The Hall–Kier alpha value is -2.37. The van der Waals surface area contributed by atoms with Crippen LogP contribution in [0.4, 0.5) is 10.5 Å². The van der Waals surface area contributed by atoms with Crippen LogP contribution in [0.5, 0.6) is 0 Å². The van der Waals surface area contributed by atoms with Crippen LogP contribution in [0.2, 0.25) is 0 Å². The molecule has 19 heavy (non-hydrogen) atoms. The topological polar surface area (TPSA) is 81.5 Å². The number of anilines is 1. The quantitative estimate of drug-likeness (QED) is 0.671. The van der Waals surface area contributed by atoms with Gasteiger partial charge in [-0.05, 0) is 26.8 Å². The van der Waals surface area contributed by atoms with Crippen LogP contribution in [0.3, 0.4) is 0 Å². The van der Waals surface area contributed by atoms with Gasteiger partial charge in [0.25, 0.3) is 0 Å². The van der Waals surface area contributed by atoms with Crippen molar-refractivity contribution >= 4 is 17.9 Å². The van der Waals surface area contributed by atoms with E-state index in [2.05, 4.69) is 5.32 Å². The highest BCUT2D eigenvalue weighted by Crippen LogP contribution is 2.18. The zero-order chi connectivity index (χ0) is 14.5. The van der Waals surface area contributed by atoms with Crippen LogP contribution in [0.1, 0.15) is 26.3 Å². The fourth-order valence-corrected chi connectivity index (χ4v) is 1.31. The van der Waals surface area contributed by atoms with E-state index in [1.54, 1.807) is 45.0 Å². The molecule has 0 aliphatic rings. The van der Waals surface area contributed by atoms with Gasteiger partial charge in [0.1, 0.15) is 5.60 Å². The Kier molecular flexibility index (Phi) is 4.63. The van der Waals surface area contributed by atoms with Crippen molar-refractivity contribution in [2.45, 2.75) is 26.4 Å². The van der Waals surface area contributed by atoms with Crippen LogP contribution in [0, 0.1) is 10.1 Å². The van der Waals surface area contributed by atoms with E-state index in [-0.39, 0.29) is 0 Å². The smallest absolute Gasteiger partial charge is 0.412 e. The normalized spacial score (nSPS) is 11.3. The predicted molar refractivity (Wildman–Crippen MR) is 72.3 cm³/mol. The SMILES string of the molecule is CC(C)(C)OC(=O)Nc1ccccc1/C=C/[N+](=O)[O-]. The van der Waals surface area contributed by atoms with Gasteiger partial charge in [0.2, 0.25) is 6.20 Å². The molecule has 0 saturated heterocycles. The van der Waals surface area contributed by atoms with Crippen molar-refractivity contribution in [1.29, 1.82) is 0 Å². The molecule has 0 aliphatic carbocycles. The molecule has 0 aliphatic heterocycles. The summed E-state index contributed by atoms with van der Waals surface area (Å²) in [4.78, 5) is 21.4. The molecule has 0 fully saturated rings. The number of nitrogens with one attached hydrogen (secondary N) is 1. The summed E-state index contributed by atoms with van der Waals surface area (Å²) < 4.78 is 5.11. The molecular weight excluding hydrogens is 248 g/mol. The molecule has 1 aromatic carbocycles. The van der Waals surface area contributed by atoms with Gasteiger partial charge in [-0.25, -0.2) is 4.79 Å². The first-order chi connectivity index (χ1) is 8.78. The summed E-state index contributed by atoms with van der Waals surface area (Å²) in [6.07, 6.45) is 1.52. The molecule has 1 N–H and O–H groups in total. The highest BCUT2D eigenvalue weighted by Gasteiger charge is 2.16. The maximum atomic E-state index is 11.6. The lowest BCUT2D eigenvalue weighted by molar-refractivity contribution is -0.400. The number of nitro groups is 1. The number of hydrogen-bond donors (Lipinski definition) is 1. The summed E-state index contributed by atoms with van der Waals surface area (Å²) in [5.74, 6) is 0. The Morgan fingerprint density at radius 1 is 1.37 bits per heavy atom. The second kappa shape index (κ2) is 5.99. The Balaban J connectivity index is 2.84. The van der Waals surface area contributed by atoms with Crippen molar-refractivity contribution in [3.05, 3.63) is 46.1 Å². The molecule has 0 aromatic heterocycles. The molecule has 0 unspecified atom stereocenters. The summed E-state index contributed by atoms with van der Waals surface area (Å²) in [6, 6.07) is 6.74. The van der Waals surface area contributed by atoms with Crippen LogP contribution < -0.4 is 5.32 Å². The van der Waals surface area contributed by atoms with E-state index in [9.17, 15) is 14.9 Å². The molecule has 102 valence electrons. The lowest BCUT2D eigenvalue weighted by atomic mass is 10.2. The largest absolute Gasteiger partial charge is 0.444 e. The van der Waals surface area contributed by atoms with Crippen LogP contribution in [-0.4, -0.2) is 16.6 Å². The van der Waals surface area contributed by atoms with Crippen molar-refractivity contribution in [3.63, 3.8) is 0 Å². The van der Waals surface area contributed by atoms with Crippen LogP contribution in [-0.2, 0) is 4.74 Å². The number of carbonyl (C=O) groups is 1. The molecule has 0 saturated carbocycles. The number of ether oxygens (including phenoxy) is 1.